The first-order valence-electron chi connectivity index (χ1n) is 11.9. The van der Waals surface area contributed by atoms with Crippen molar-refractivity contribution in [1.82, 2.24) is 20.1 Å². The zero-order valence-corrected chi connectivity index (χ0v) is 18.1. The van der Waals surface area contributed by atoms with Crippen molar-refractivity contribution in [2.75, 3.05) is 26.2 Å². The summed E-state index contributed by atoms with van der Waals surface area (Å²) in [5, 5.41) is 3.07. The fourth-order valence-electron chi connectivity index (χ4n) is 5.45. The van der Waals surface area contributed by atoms with Gasteiger partial charge in [-0.2, -0.15) is 0 Å². The number of carbonyl (C=O) groups excluding carboxylic acids is 2. The molecule has 1 N–H and O–H groups in total. The maximum atomic E-state index is 12.7. The Morgan fingerprint density at radius 3 is 2.53 bits per heavy atom. The number of likely N-dealkylation sites (tertiary alicyclic amines) is 2. The molecule has 6 heteroatoms. The molecule has 3 fully saturated rings. The summed E-state index contributed by atoms with van der Waals surface area (Å²) in [5.41, 5.74) is 0.896. The fraction of sp³-hybridized carbons (Fsp3) is 0.708. The number of rotatable bonds is 6. The zero-order chi connectivity index (χ0) is 20.8. The van der Waals surface area contributed by atoms with E-state index < -0.39 is 0 Å². The monoisotopic (exact) mass is 412 g/mol. The van der Waals surface area contributed by atoms with E-state index in [9.17, 15) is 9.59 Å². The molecule has 1 atom stereocenters. The smallest absolute Gasteiger partial charge is 0.224 e. The molecule has 1 aromatic rings. The standard InChI is InChI=1S/C24H36N4O2/c29-23(16-19-6-1-2-7-19)27-14-10-22(11-15-27)28-13-5-8-20(18-28)24(30)26-17-21-9-3-4-12-25-21/h3-4,9,12,19-20,22H,1-2,5-8,10-11,13-18H2,(H,26,30)/t20-/m1/s1. The summed E-state index contributed by atoms with van der Waals surface area (Å²) in [7, 11) is 0. The molecule has 2 amide bonds. The second kappa shape index (κ2) is 10.4. The molecule has 1 aliphatic carbocycles. The largest absolute Gasteiger partial charge is 0.350 e. The second-order valence-corrected chi connectivity index (χ2v) is 9.34. The SMILES string of the molecule is O=C(NCc1ccccn1)[C@@H]1CCCN(C2CCN(C(=O)CC3CCCC3)CC2)C1. The first-order chi connectivity index (χ1) is 14.7. The number of amides is 2. The van der Waals surface area contributed by atoms with Crippen LogP contribution < -0.4 is 5.32 Å². The van der Waals surface area contributed by atoms with E-state index in [1.165, 1.54) is 25.7 Å². The minimum atomic E-state index is 0.0597. The van der Waals surface area contributed by atoms with Gasteiger partial charge < -0.3 is 10.2 Å². The molecule has 0 unspecified atom stereocenters. The first-order valence-corrected chi connectivity index (χ1v) is 11.9. The van der Waals surface area contributed by atoms with Crippen LogP contribution in [0.3, 0.4) is 0 Å². The lowest BCUT2D eigenvalue weighted by Crippen LogP contribution is -2.51. The summed E-state index contributed by atoms with van der Waals surface area (Å²) in [4.78, 5) is 34.2. The molecule has 6 nitrogen and oxygen atoms in total. The van der Waals surface area contributed by atoms with Crippen LogP contribution in [0, 0.1) is 11.8 Å². The molecule has 1 aromatic heterocycles. The third-order valence-corrected chi connectivity index (χ3v) is 7.27. The van der Waals surface area contributed by atoms with E-state index in [0.717, 1.165) is 64.0 Å². The third-order valence-electron chi connectivity index (χ3n) is 7.27. The molecule has 3 heterocycles. The number of hydrogen-bond acceptors (Lipinski definition) is 4. The number of carbonyl (C=O) groups is 2. The molecule has 4 rings (SSSR count). The van der Waals surface area contributed by atoms with Crippen LogP contribution in [0.25, 0.3) is 0 Å². The second-order valence-electron chi connectivity index (χ2n) is 9.34. The lowest BCUT2D eigenvalue weighted by atomic mass is 9.93. The van der Waals surface area contributed by atoms with Crippen LogP contribution in [-0.2, 0) is 16.1 Å². The number of pyridine rings is 1. The van der Waals surface area contributed by atoms with E-state index in [0.29, 0.717) is 24.4 Å². The lowest BCUT2D eigenvalue weighted by Gasteiger charge is -2.42. The molecular weight excluding hydrogens is 376 g/mol. The third kappa shape index (κ3) is 5.60. The van der Waals surface area contributed by atoms with Gasteiger partial charge in [0.05, 0.1) is 18.2 Å². The number of hydrogen-bond donors (Lipinski definition) is 1. The van der Waals surface area contributed by atoms with Crippen LogP contribution in [0.2, 0.25) is 0 Å². The van der Waals surface area contributed by atoms with Crippen molar-refractivity contribution in [2.45, 2.75) is 70.4 Å². The summed E-state index contributed by atoms with van der Waals surface area (Å²) in [6.07, 6.45) is 11.7. The van der Waals surface area contributed by atoms with Gasteiger partial charge in [-0.3, -0.25) is 19.5 Å². The van der Waals surface area contributed by atoms with E-state index in [4.69, 9.17) is 0 Å². The van der Waals surface area contributed by atoms with Crippen LogP contribution in [0.1, 0.15) is 63.5 Å². The Morgan fingerprint density at radius 1 is 1.00 bits per heavy atom. The Bertz CT molecular complexity index is 696. The van der Waals surface area contributed by atoms with E-state index >= 15 is 0 Å². The number of aromatic nitrogens is 1. The van der Waals surface area contributed by atoms with Crippen LogP contribution in [0.4, 0.5) is 0 Å². The van der Waals surface area contributed by atoms with Crippen LogP contribution in [0.5, 0.6) is 0 Å². The molecular formula is C24H36N4O2. The van der Waals surface area contributed by atoms with Crippen molar-refractivity contribution in [1.29, 1.82) is 0 Å². The minimum absolute atomic E-state index is 0.0597. The summed E-state index contributed by atoms with van der Waals surface area (Å²) >= 11 is 0. The van der Waals surface area contributed by atoms with Gasteiger partial charge in [-0.05, 0) is 63.1 Å². The van der Waals surface area contributed by atoms with E-state index in [1.54, 1.807) is 6.20 Å². The highest BCUT2D eigenvalue weighted by atomic mass is 16.2. The topological polar surface area (TPSA) is 65.5 Å². The van der Waals surface area contributed by atoms with Crippen LogP contribution in [0.15, 0.2) is 24.4 Å². The van der Waals surface area contributed by atoms with Crippen molar-refractivity contribution in [2.24, 2.45) is 11.8 Å². The Morgan fingerprint density at radius 2 is 1.80 bits per heavy atom. The predicted molar refractivity (Wildman–Crippen MR) is 117 cm³/mol. The maximum absolute atomic E-state index is 12.7. The van der Waals surface area contributed by atoms with Crippen molar-refractivity contribution in [3.05, 3.63) is 30.1 Å². The van der Waals surface area contributed by atoms with Crippen molar-refractivity contribution >= 4 is 11.8 Å². The van der Waals surface area contributed by atoms with Crippen molar-refractivity contribution < 1.29 is 9.59 Å². The lowest BCUT2D eigenvalue weighted by molar-refractivity contribution is -0.133. The van der Waals surface area contributed by atoms with Gasteiger partial charge in [0, 0.05) is 38.3 Å². The van der Waals surface area contributed by atoms with Gasteiger partial charge in [-0.25, -0.2) is 0 Å². The molecule has 2 aliphatic heterocycles. The predicted octanol–water partition coefficient (Wildman–Crippen LogP) is 2.98. The van der Waals surface area contributed by atoms with Gasteiger partial charge in [-0.1, -0.05) is 18.9 Å². The Balaban J connectivity index is 1.21. The summed E-state index contributed by atoms with van der Waals surface area (Å²) in [6, 6.07) is 6.28. The number of nitrogens with zero attached hydrogens (tertiary/aromatic N) is 3. The fourth-order valence-corrected chi connectivity index (χ4v) is 5.45. The van der Waals surface area contributed by atoms with Crippen LogP contribution >= 0.6 is 0 Å². The first kappa shape index (κ1) is 21.3. The molecule has 2 saturated heterocycles. The molecule has 0 radical (unpaired) electrons. The van der Waals surface area contributed by atoms with Gasteiger partial charge in [0.15, 0.2) is 0 Å². The highest BCUT2D eigenvalue weighted by molar-refractivity contribution is 5.79. The Kier molecular flexibility index (Phi) is 7.37. The van der Waals surface area contributed by atoms with Crippen molar-refractivity contribution in [3.8, 4) is 0 Å². The van der Waals surface area contributed by atoms with Gasteiger partial charge in [0.1, 0.15) is 0 Å². The average molecular weight is 413 g/mol. The highest BCUT2D eigenvalue weighted by Crippen LogP contribution is 2.29. The van der Waals surface area contributed by atoms with Crippen LogP contribution in [-0.4, -0.2) is 58.8 Å². The maximum Gasteiger partial charge on any atom is 0.224 e. The van der Waals surface area contributed by atoms with Gasteiger partial charge >= 0.3 is 0 Å². The molecule has 0 bridgehead atoms. The molecule has 164 valence electrons. The quantitative estimate of drug-likeness (QED) is 0.780. The number of piperidine rings is 2. The zero-order valence-electron chi connectivity index (χ0n) is 18.1. The van der Waals surface area contributed by atoms with E-state index in [-0.39, 0.29) is 11.8 Å². The molecule has 3 aliphatic rings. The summed E-state index contributed by atoms with van der Waals surface area (Å²) in [5.74, 6) is 1.20. The average Bonchev–Trinajstić information content (AvgIpc) is 3.31. The van der Waals surface area contributed by atoms with E-state index in [2.05, 4.69) is 20.1 Å². The molecule has 0 aromatic carbocycles. The molecule has 30 heavy (non-hydrogen) atoms. The minimum Gasteiger partial charge on any atom is -0.350 e. The molecule has 0 spiro atoms. The van der Waals surface area contributed by atoms with Gasteiger partial charge in [-0.15, -0.1) is 0 Å². The normalized spacial score (nSPS) is 24.1. The number of nitrogens with one attached hydrogen (secondary N) is 1. The van der Waals surface area contributed by atoms with Gasteiger partial charge in [0.2, 0.25) is 11.8 Å². The highest BCUT2D eigenvalue weighted by Gasteiger charge is 2.33. The Labute approximate surface area is 180 Å². The van der Waals surface area contributed by atoms with Crippen molar-refractivity contribution in [3.63, 3.8) is 0 Å². The Hall–Kier alpha value is -1.95. The molecule has 1 saturated carbocycles. The summed E-state index contributed by atoms with van der Waals surface area (Å²) in [6.45, 7) is 4.17. The summed E-state index contributed by atoms with van der Waals surface area (Å²) < 4.78 is 0. The van der Waals surface area contributed by atoms with E-state index in [1.807, 2.05) is 18.2 Å². The van der Waals surface area contributed by atoms with Gasteiger partial charge in [0.25, 0.3) is 0 Å².